The number of thioether (sulfide) groups is 1. The number of aromatic nitrogens is 5. The Hall–Kier alpha value is -2.67. The largest absolute Gasteiger partial charge is 0.444 e. The van der Waals surface area contributed by atoms with Crippen molar-refractivity contribution in [2.24, 2.45) is 0 Å². The standard InChI is InChI=1S/C15H11N5OS/c1-2-5-11(6-3-1)13-17-12(9-21-13)10-22-15-18-14-16-7-4-8-20(14)19-15/h1-9H,10H2. The van der Waals surface area contributed by atoms with Crippen molar-refractivity contribution < 1.29 is 4.42 Å². The summed E-state index contributed by atoms with van der Waals surface area (Å²) in [6.07, 6.45) is 5.19. The predicted molar refractivity (Wildman–Crippen MR) is 82.3 cm³/mol. The molecule has 22 heavy (non-hydrogen) atoms. The summed E-state index contributed by atoms with van der Waals surface area (Å²) in [5, 5.41) is 5.01. The third kappa shape index (κ3) is 2.58. The lowest BCUT2D eigenvalue weighted by molar-refractivity contribution is 0.573. The van der Waals surface area contributed by atoms with Gasteiger partial charge < -0.3 is 4.42 Å². The Morgan fingerprint density at radius 1 is 1.09 bits per heavy atom. The molecule has 7 heteroatoms. The van der Waals surface area contributed by atoms with E-state index in [9.17, 15) is 0 Å². The van der Waals surface area contributed by atoms with Crippen molar-refractivity contribution in [2.45, 2.75) is 10.9 Å². The molecule has 0 saturated carbocycles. The van der Waals surface area contributed by atoms with Crippen molar-refractivity contribution in [3.63, 3.8) is 0 Å². The van der Waals surface area contributed by atoms with Crippen LogP contribution in [-0.2, 0) is 5.75 Å². The van der Waals surface area contributed by atoms with Gasteiger partial charge in [-0.05, 0) is 18.2 Å². The highest BCUT2D eigenvalue weighted by Gasteiger charge is 2.09. The molecule has 0 unspecified atom stereocenters. The van der Waals surface area contributed by atoms with Crippen LogP contribution in [0.15, 0.2) is 64.6 Å². The Morgan fingerprint density at radius 2 is 2.00 bits per heavy atom. The summed E-state index contributed by atoms with van der Waals surface area (Å²) in [6, 6.07) is 11.6. The molecule has 0 N–H and O–H groups in total. The topological polar surface area (TPSA) is 69.1 Å². The van der Waals surface area contributed by atoms with Crippen LogP contribution in [0.4, 0.5) is 0 Å². The summed E-state index contributed by atoms with van der Waals surface area (Å²) < 4.78 is 7.17. The molecule has 0 bridgehead atoms. The fourth-order valence-corrected chi connectivity index (χ4v) is 2.70. The van der Waals surface area contributed by atoms with Crippen molar-refractivity contribution in [3.05, 3.63) is 60.7 Å². The SMILES string of the molecule is c1ccc(-c2nc(CSc3nc4ncccn4n3)co2)cc1. The van der Waals surface area contributed by atoms with Crippen LogP contribution in [0.3, 0.4) is 0 Å². The van der Waals surface area contributed by atoms with E-state index in [0.29, 0.717) is 22.6 Å². The molecule has 0 spiro atoms. The first-order chi connectivity index (χ1) is 10.9. The second-order valence-corrected chi connectivity index (χ2v) is 5.50. The van der Waals surface area contributed by atoms with E-state index >= 15 is 0 Å². The molecule has 6 nitrogen and oxygen atoms in total. The maximum Gasteiger partial charge on any atom is 0.253 e. The highest BCUT2D eigenvalue weighted by Crippen LogP contribution is 2.23. The number of hydrogen-bond acceptors (Lipinski definition) is 6. The molecule has 0 aliphatic heterocycles. The Bertz CT molecular complexity index is 869. The Kier molecular flexibility index (Phi) is 3.32. The van der Waals surface area contributed by atoms with Gasteiger partial charge in [0.25, 0.3) is 5.78 Å². The first kappa shape index (κ1) is 13.0. The molecule has 1 aromatic carbocycles. The summed E-state index contributed by atoms with van der Waals surface area (Å²) in [5.74, 6) is 1.86. The molecule has 0 saturated heterocycles. The number of rotatable bonds is 4. The minimum atomic E-state index is 0.593. The first-order valence-corrected chi connectivity index (χ1v) is 7.67. The Morgan fingerprint density at radius 3 is 2.86 bits per heavy atom. The van der Waals surface area contributed by atoms with Crippen LogP contribution in [0, 0.1) is 0 Å². The van der Waals surface area contributed by atoms with Crippen LogP contribution in [0.1, 0.15) is 5.69 Å². The number of nitrogens with zero attached hydrogens (tertiary/aromatic N) is 5. The average molecular weight is 309 g/mol. The lowest BCUT2D eigenvalue weighted by atomic mass is 10.2. The Balaban J connectivity index is 1.49. The predicted octanol–water partition coefficient (Wildman–Crippen LogP) is 3.07. The van der Waals surface area contributed by atoms with Gasteiger partial charge in [-0.2, -0.15) is 4.98 Å². The maximum absolute atomic E-state index is 5.52. The molecule has 108 valence electrons. The van der Waals surface area contributed by atoms with Gasteiger partial charge in [-0.1, -0.05) is 30.0 Å². The van der Waals surface area contributed by atoms with Crippen LogP contribution < -0.4 is 0 Å². The van der Waals surface area contributed by atoms with Gasteiger partial charge in [-0.25, -0.2) is 14.5 Å². The minimum absolute atomic E-state index is 0.593. The molecule has 0 aliphatic carbocycles. The molecule has 3 aromatic heterocycles. The molecule has 0 amide bonds. The third-order valence-electron chi connectivity index (χ3n) is 3.02. The van der Waals surface area contributed by atoms with Crippen molar-refractivity contribution in [3.8, 4) is 11.5 Å². The van der Waals surface area contributed by atoms with E-state index in [1.807, 2.05) is 42.6 Å². The van der Waals surface area contributed by atoms with Crippen molar-refractivity contribution in [1.29, 1.82) is 0 Å². The van der Waals surface area contributed by atoms with E-state index in [1.54, 1.807) is 17.0 Å². The van der Waals surface area contributed by atoms with E-state index in [-0.39, 0.29) is 0 Å². The fourth-order valence-electron chi connectivity index (χ4n) is 2.00. The number of benzene rings is 1. The molecule has 3 heterocycles. The molecule has 0 atom stereocenters. The zero-order chi connectivity index (χ0) is 14.8. The number of oxazole rings is 1. The molecule has 4 aromatic rings. The monoisotopic (exact) mass is 309 g/mol. The second-order valence-electron chi connectivity index (χ2n) is 4.56. The second kappa shape index (κ2) is 5.61. The third-order valence-corrected chi connectivity index (χ3v) is 3.89. The van der Waals surface area contributed by atoms with Gasteiger partial charge in [0.2, 0.25) is 11.0 Å². The van der Waals surface area contributed by atoms with Gasteiger partial charge in [0.1, 0.15) is 6.26 Å². The van der Waals surface area contributed by atoms with Crippen LogP contribution in [0.25, 0.3) is 17.2 Å². The van der Waals surface area contributed by atoms with Gasteiger partial charge >= 0.3 is 0 Å². The zero-order valence-electron chi connectivity index (χ0n) is 11.5. The van der Waals surface area contributed by atoms with Crippen LogP contribution >= 0.6 is 11.8 Å². The Labute approximate surface area is 130 Å². The van der Waals surface area contributed by atoms with E-state index in [0.717, 1.165) is 11.3 Å². The van der Waals surface area contributed by atoms with Crippen LogP contribution in [0.2, 0.25) is 0 Å². The van der Waals surface area contributed by atoms with E-state index in [2.05, 4.69) is 20.1 Å². The van der Waals surface area contributed by atoms with Gasteiger partial charge in [-0.15, -0.1) is 5.10 Å². The number of hydrogen-bond donors (Lipinski definition) is 0. The van der Waals surface area contributed by atoms with E-state index < -0.39 is 0 Å². The lowest BCUT2D eigenvalue weighted by Crippen LogP contribution is -1.87. The minimum Gasteiger partial charge on any atom is -0.444 e. The van der Waals surface area contributed by atoms with Gasteiger partial charge in [0, 0.05) is 23.7 Å². The average Bonchev–Trinajstić information content (AvgIpc) is 3.20. The van der Waals surface area contributed by atoms with Crippen molar-refractivity contribution in [1.82, 2.24) is 24.6 Å². The van der Waals surface area contributed by atoms with E-state index in [4.69, 9.17) is 4.42 Å². The number of fused-ring (bicyclic) bond motifs is 1. The molecule has 0 radical (unpaired) electrons. The highest BCUT2D eigenvalue weighted by molar-refractivity contribution is 7.98. The van der Waals surface area contributed by atoms with Gasteiger partial charge in [-0.3, -0.25) is 0 Å². The van der Waals surface area contributed by atoms with Gasteiger partial charge in [0.05, 0.1) is 5.69 Å². The first-order valence-electron chi connectivity index (χ1n) is 6.68. The van der Waals surface area contributed by atoms with Crippen LogP contribution in [0.5, 0.6) is 0 Å². The van der Waals surface area contributed by atoms with Crippen molar-refractivity contribution in [2.75, 3.05) is 0 Å². The molecule has 4 rings (SSSR count). The van der Waals surface area contributed by atoms with Crippen LogP contribution in [-0.4, -0.2) is 24.6 Å². The fraction of sp³-hybridized carbons (Fsp3) is 0.0667. The summed E-state index contributed by atoms with van der Waals surface area (Å²) >= 11 is 1.50. The smallest absolute Gasteiger partial charge is 0.253 e. The molecular weight excluding hydrogens is 298 g/mol. The lowest BCUT2D eigenvalue weighted by Gasteiger charge is -1.93. The van der Waals surface area contributed by atoms with E-state index in [1.165, 1.54) is 11.8 Å². The molecule has 0 fully saturated rings. The highest BCUT2D eigenvalue weighted by atomic mass is 32.2. The maximum atomic E-state index is 5.52. The van der Waals surface area contributed by atoms with Gasteiger partial charge in [0.15, 0.2) is 0 Å². The quantitative estimate of drug-likeness (QED) is 0.540. The zero-order valence-corrected chi connectivity index (χ0v) is 12.3. The molecule has 0 aliphatic rings. The summed E-state index contributed by atoms with van der Waals surface area (Å²) in [4.78, 5) is 13.0. The molecular formula is C15H11N5OS. The van der Waals surface area contributed by atoms with Crippen molar-refractivity contribution >= 4 is 17.5 Å². The summed E-state index contributed by atoms with van der Waals surface area (Å²) in [7, 11) is 0. The summed E-state index contributed by atoms with van der Waals surface area (Å²) in [6.45, 7) is 0. The normalized spacial score (nSPS) is 11.1. The summed E-state index contributed by atoms with van der Waals surface area (Å²) in [5.41, 5.74) is 1.82.